The maximum atomic E-state index is 11.8. The van der Waals surface area contributed by atoms with Crippen LogP contribution in [-0.2, 0) is 9.53 Å². The van der Waals surface area contributed by atoms with Crippen LogP contribution in [0.25, 0.3) is 0 Å². The van der Waals surface area contributed by atoms with Crippen molar-refractivity contribution in [1.29, 1.82) is 0 Å². The van der Waals surface area contributed by atoms with Gasteiger partial charge in [0.05, 0.1) is 7.11 Å². The summed E-state index contributed by atoms with van der Waals surface area (Å²) in [4.78, 5) is 10.4. The Bertz CT molecular complexity index is 227. The second-order valence-electron chi connectivity index (χ2n) is 1.84. The molecule has 6 heteroatoms. The number of terminal acetylenes is 1. The highest BCUT2D eigenvalue weighted by molar-refractivity contribution is 5.84. The van der Waals surface area contributed by atoms with Crippen LogP contribution in [0.5, 0.6) is 0 Å². The number of aliphatic hydroxyl groups is 1. The number of ether oxygens (including phenoxy) is 1. The van der Waals surface area contributed by atoms with Crippen LogP contribution in [0.4, 0.5) is 13.2 Å². The first-order valence-corrected chi connectivity index (χ1v) is 2.65. The van der Waals surface area contributed by atoms with Crippen LogP contribution in [0.15, 0.2) is 0 Å². The summed E-state index contributed by atoms with van der Waals surface area (Å²) < 4.78 is 39.2. The third-order valence-electron chi connectivity index (χ3n) is 1.10. The Labute approximate surface area is 66.1 Å². The maximum Gasteiger partial charge on any atom is 0.440 e. The van der Waals surface area contributed by atoms with Crippen molar-refractivity contribution < 1.29 is 27.8 Å². The van der Waals surface area contributed by atoms with Gasteiger partial charge < -0.3 is 9.84 Å². The molecule has 0 aromatic rings. The third kappa shape index (κ3) is 1.51. The predicted octanol–water partition coefficient (Wildman–Crippen LogP) is 0.0860. The molecular formula is C6H5F3O3. The van der Waals surface area contributed by atoms with Crippen molar-refractivity contribution in [3.05, 3.63) is 0 Å². The fourth-order valence-corrected chi connectivity index (χ4v) is 0.404. The van der Waals surface area contributed by atoms with Gasteiger partial charge in [0, 0.05) is 0 Å². The van der Waals surface area contributed by atoms with Crippen molar-refractivity contribution in [2.45, 2.75) is 11.8 Å². The quantitative estimate of drug-likeness (QED) is 0.461. The summed E-state index contributed by atoms with van der Waals surface area (Å²) >= 11 is 0. The zero-order valence-electron chi connectivity index (χ0n) is 5.97. The van der Waals surface area contributed by atoms with Crippen molar-refractivity contribution in [3.8, 4) is 12.3 Å². The molecule has 0 fully saturated rings. The summed E-state index contributed by atoms with van der Waals surface area (Å²) in [5, 5.41) is 8.59. The molecule has 68 valence electrons. The lowest BCUT2D eigenvalue weighted by Gasteiger charge is -2.21. The molecule has 1 atom stereocenters. The molecule has 0 amide bonds. The van der Waals surface area contributed by atoms with Crippen molar-refractivity contribution in [2.75, 3.05) is 7.11 Å². The number of carbonyl (C=O) groups is 1. The Kier molecular flexibility index (Phi) is 2.72. The highest BCUT2D eigenvalue weighted by Crippen LogP contribution is 2.30. The number of halogens is 3. The van der Waals surface area contributed by atoms with E-state index in [1.165, 1.54) is 0 Å². The van der Waals surface area contributed by atoms with E-state index in [9.17, 15) is 18.0 Å². The van der Waals surface area contributed by atoms with Gasteiger partial charge >= 0.3 is 17.7 Å². The van der Waals surface area contributed by atoms with E-state index in [4.69, 9.17) is 5.11 Å². The lowest BCUT2D eigenvalue weighted by Crippen LogP contribution is -2.51. The van der Waals surface area contributed by atoms with Gasteiger partial charge in [-0.25, -0.2) is 4.79 Å². The second-order valence-corrected chi connectivity index (χ2v) is 1.84. The van der Waals surface area contributed by atoms with Gasteiger partial charge in [-0.05, 0) is 0 Å². The molecule has 0 aliphatic carbocycles. The molecule has 0 radical (unpaired) electrons. The van der Waals surface area contributed by atoms with Crippen molar-refractivity contribution in [3.63, 3.8) is 0 Å². The Balaban J connectivity index is 4.98. The number of alkyl halides is 3. The third-order valence-corrected chi connectivity index (χ3v) is 1.10. The number of methoxy groups -OCH3 is 1. The molecule has 0 rings (SSSR count). The molecule has 12 heavy (non-hydrogen) atoms. The molecule has 0 spiro atoms. The van der Waals surface area contributed by atoms with Gasteiger partial charge in [0.1, 0.15) is 0 Å². The average molecular weight is 182 g/mol. The van der Waals surface area contributed by atoms with Crippen LogP contribution < -0.4 is 0 Å². The standard InChI is InChI=1S/C6H5F3O3/c1-3-5(11,4(10)12-2)6(7,8)9/h1,11H,2H3. The lowest BCUT2D eigenvalue weighted by atomic mass is 10.1. The van der Waals surface area contributed by atoms with E-state index < -0.39 is 17.7 Å². The summed E-state index contributed by atoms with van der Waals surface area (Å²) in [5.41, 5.74) is -3.85. The maximum absolute atomic E-state index is 11.8. The Morgan fingerprint density at radius 3 is 2.08 bits per heavy atom. The van der Waals surface area contributed by atoms with Crippen molar-refractivity contribution in [2.24, 2.45) is 0 Å². The van der Waals surface area contributed by atoms with Gasteiger partial charge in [-0.15, -0.1) is 6.42 Å². The zero-order valence-corrected chi connectivity index (χ0v) is 5.97. The van der Waals surface area contributed by atoms with Gasteiger partial charge in [0.2, 0.25) is 0 Å². The van der Waals surface area contributed by atoms with E-state index in [0.29, 0.717) is 7.11 Å². The first-order valence-electron chi connectivity index (χ1n) is 2.65. The van der Waals surface area contributed by atoms with Crippen LogP contribution in [0.1, 0.15) is 0 Å². The summed E-state index contributed by atoms with van der Waals surface area (Å²) in [6.07, 6.45) is -0.879. The van der Waals surface area contributed by atoms with Crippen LogP contribution >= 0.6 is 0 Å². The molecule has 0 heterocycles. The zero-order chi connectivity index (χ0) is 9.99. The fourth-order valence-electron chi connectivity index (χ4n) is 0.404. The Morgan fingerprint density at radius 1 is 1.58 bits per heavy atom. The summed E-state index contributed by atoms with van der Waals surface area (Å²) in [7, 11) is 0.691. The number of hydrogen-bond acceptors (Lipinski definition) is 3. The molecule has 0 bridgehead atoms. The molecule has 3 nitrogen and oxygen atoms in total. The van der Waals surface area contributed by atoms with E-state index in [0.717, 1.165) is 5.92 Å². The molecule has 0 aromatic carbocycles. The minimum atomic E-state index is -5.23. The van der Waals surface area contributed by atoms with Crippen molar-refractivity contribution in [1.82, 2.24) is 0 Å². The highest BCUT2D eigenvalue weighted by atomic mass is 19.4. The number of rotatable bonds is 1. The van der Waals surface area contributed by atoms with Crippen molar-refractivity contribution >= 4 is 5.97 Å². The van der Waals surface area contributed by atoms with E-state index >= 15 is 0 Å². The lowest BCUT2D eigenvalue weighted by molar-refractivity contribution is -0.241. The molecule has 0 saturated heterocycles. The van der Waals surface area contributed by atoms with Crippen LogP contribution in [0, 0.1) is 12.3 Å². The topological polar surface area (TPSA) is 46.5 Å². The number of carbonyl (C=O) groups excluding carboxylic acids is 1. The summed E-state index contributed by atoms with van der Waals surface area (Å²) in [5.74, 6) is -0.994. The normalized spacial score (nSPS) is 16.0. The number of esters is 1. The molecule has 0 aliphatic heterocycles. The molecule has 1 N–H and O–H groups in total. The van der Waals surface area contributed by atoms with Gasteiger partial charge in [-0.1, -0.05) is 5.92 Å². The monoisotopic (exact) mass is 182 g/mol. The van der Waals surface area contributed by atoms with Crippen LogP contribution in [0.3, 0.4) is 0 Å². The molecule has 0 aliphatic rings. The van der Waals surface area contributed by atoms with E-state index in [-0.39, 0.29) is 0 Å². The van der Waals surface area contributed by atoms with Gasteiger partial charge in [0.15, 0.2) is 0 Å². The molecule has 0 saturated carbocycles. The SMILES string of the molecule is C#CC(O)(C(=O)OC)C(F)(F)F. The van der Waals surface area contributed by atoms with E-state index in [1.807, 2.05) is 0 Å². The molecular weight excluding hydrogens is 177 g/mol. The minimum absolute atomic E-state index is 0.691. The first-order chi connectivity index (χ1) is 5.29. The van der Waals surface area contributed by atoms with Gasteiger partial charge in [-0.2, -0.15) is 13.2 Å². The Hall–Kier alpha value is -1.22. The fraction of sp³-hybridized carbons (Fsp3) is 0.500. The summed E-state index contributed by atoms with van der Waals surface area (Å²) in [6, 6.07) is 0. The van der Waals surface area contributed by atoms with E-state index in [1.54, 1.807) is 0 Å². The van der Waals surface area contributed by atoms with Crippen LogP contribution in [-0.4, -0.2) is 30.0 Å². The van der Waals surface area contributed by atoms with Gasteiger partial charge in [-0.3, -0.25) is 0 Å². The smallest absolute Gasteiger partial charge is 0.440 e. The Morgan fingerprint density at radius 2 is 2.00 bits per heavy atom. The highest BCUT2D eigenvalue weighted by Gasteiger charge is 2.60. The van der Waals surface area contributed by atoms with E-state index in [2.05, 4.69) is 11.2 Å². The molecule has 1 unspecified atom stereocenters. The first kappa shape index (κ1) is 10.8. The number of hydrogen-bond donors (Lipinski definition) is 1. The largest absolute Gasteiger partial charge is 0.466 e. The summed E-state index contributed by atoms with van der Waals surface area (Å²) in [6.45, 7) is 0. The average Bonchev–Trinajstić information content (AvgIpc) is 1.99. The van der Waals surface area contributed by atoms with Crippen LogP contribution in [0.2, 0.25) is 0 Å². The predicted molar refractivity (Wildman–Crippen MR) is 31.9 cm³/mol. The minimum Gasteiger partial charge on any atom is -0.466 e. The molecule has 0 aromatic heterocycles. The second kappa shape index (κ2) is 3.03. The van der Waals surface area contributed by atoms with Gasteiger partial charge in [0.25, 0.3) is 0 Å².